The zero-order valence-electron chi connectivity index (χ0n) is 13.6. The molecule has 120 valence electrons. The zero-order valence-corrected chi connectivity index (χ0v) is 13.6. The van der Waals surface area contributed by atoms with Gasteiger partial charge in [0.25, 0.3) is 0 Å². The van der Waals surface area contributed by atoms with Crippen molar-refractivity contribution >= 4 is 11.6 Å². The van der Waals surface area contributed by atoms with E-state index in [-0.39, 0.29) is 0 Å². The van der Waals surface area contributed by atoms with E-state index in [0.717, 1.165) is 31.2 Å². The molecule has 0 bridgehead atoms. The summed E-state index contributed by atoms with van der Waals surface area (Å²) < 4.78 is 5.17. The lowest BCUT2D eigenvalue weighted by atomic mass is 10.2. The van der Waals surface area contributed by atoms with Gasteiger partial charge in [-0.2, -0.15) is 0 Å². The minimum Gasteiger partial charge on any atom is -0.481 e. The minimum atomic E-state index is 0.526. The van der Waals surface area contributed by atoms with E-state index in [1.165, 1.54) is 11.3 Å². The highest BCUT2D eigenvalue weighted by atomic mass is 16.5. The number of aliphatic imine (C=N–C) groups is 1. The smallest absolute Gasteiger partial charge is 0.213 e. The molecule has 23 heavy (non-hydrogen) atoms. The standard InChI is InChI=1S/C18H22N4O/c1-3-19-18(20-13-15-8-6-10-17(21-15)23-2)22-12-11-14-7-4-5-9-16(14)22/h4-10H,3,11-13H2,1-2H3,(H,19,20). The van der Waals surface area contributed by atoms with Crippen molar-refractivity contribution in [2.24, 2.45) is 4.99 Å². The van der Waals surface area contributed by atoms with Crippen molar-refractivity contribution in [3.05, 3.63) is 53.7 Å². The molecule has 2 heterocycles. The predicted molar refractivity (Wildman–Crippen MR) is 93.1 cm³/mol. The number of hydrogen-bond donors (Lipinski definition) is 1. The lowest BCUT2D eigenvalue weighted by Gasteiger charge is -2.22. The molecule has 1 N–H and O–H groups in total. The second kappa shape index (κ2) is 7.13. The maximum atomic E-state index is 5.17. The van der Waals surface area contributed by atoms with Gasteiger partial charge in [0, 0.05) is 24.8 Å². The van der Waals surface area contributed by atoms with Crippen molar-refractivity contribution in [2.45, 2.75) is 19.9 Å². The average molecular weight is 310 g/mol. The lowest BCUT2D eigenvalue weighted by molar-refractivity contribution is 0.396. The highest BCUT2D eigenvalue weighted by molar-refractivity contribution is 5.97. The molecule has 0 saturated heterocycles. The minimum absolute atomic E-state index is 0.526. The Hall–Kier alpha value is -2.56. The second-order valence-electron chi connectivity index (χ2n) is 5.37. The molecule has 5 nitrogen and oxygen atoms in total. The lowest BCUT2D eigenvalue weighted by Crippen LogP contribution is -2.40. The van der Waals surface area contributed by atoms with Gasteiger partial charge in [-0.15, -0.1) is 0 Å². The topological polar surface area (TPSA) is 49.8 Å². The number of para-hydroxylation sites is 1. The maximum Gasteiger partial charge on any atom is 0.213 e. The summed E-state index contributed by atoms with van der Waals surface area (Å²) in [5.41, 5.74) is 3.51. The van der Waals surface area contributed by atoms with E-state index < -0.39 is 0 Å². The van der Waals surface area contributed by atoms with Gasteiger partial charge in [0.1, 0.15) is 0 Å². The number of nitrogens with one attached hydrogen (secondary N) is 1. The monoisotopic (exact) mass is 310 g/mol. The molecule has 0 saturated carbocycles. The number of benzene rings is 1. The van der Waals surface area contributed by atoms with E-state index in [0.29, 0.717) is 12.4 Å². The normalized spacial score (nSPS) is 13.8. The second-order valence-corrected chi connectivity index (χ2v) is 5.37. The molecule has 1 aliphatic heterocycles. The molecule has 0 aliphatic carbocycles. The van der Waals surface area contributed by atoms with Crippen LogP contribution in [0.1, 0.15) is 18.2 Å². The summed E-state index contributed by atoms with van der Waals surface area (Å²) >= 11 is 0. The van der Waals surface area contributed by atoms with Crippen LogP contribution in [0.4, 0.5) is 5.69 Å². The van der Waals surface area contributed by atoms with Gasteiger partial charge in [-0.05, 0) is 31.0 Å². The first kappa shape index (κ1) is 15.3. The number of aromatic nitrogens is 1. The van der Waals surface area contributed by atoms with Gasteiger partial charge >= 0.3 is 0 Å². The van der Waals surface area contributed by atoms with E-state index >= 15 is 0 Å². The largest absolute Gasteiger partial charge is 0.481 e. The third-order valence-electron chi connectivity index (χ3n) is 3.86. The average Bonchev–Trinajstić information content (AvgIpc) is 3.03. The Balaban J connectivity index is 1.81. The number of rotatable bonds is 4. The molecule has 3 rings (SSSR count). The fourth-order valence-corrected chi connectivity index (χ4v) is 2.77. The van der Waals surface area contributed by atoms with Gasteiger partial charge < -0.3 is 15.0 Å². The van der Waals surface area contributed by atoms with E-state index in [1.807, 2.05) is 18.2 Å². The number of ether oxygens (including phenoxy) is 1. The summed E-state index contributed by atoms with van der Waals surface area (Å²) in [5, 5.41) is 3.38. The van der Waals surface area contributed by atoms with Crippen LogP contribution in [0.15, 0.2) is 47.5 Å². The van der Waals surface area contributed by atoms with E-state index in [4.69, 9.17) is 9.73 Å². The van der Waals surface area contributed by atoms with Crippen LogP contribution in [0.25, 0.3) is 0 Å². The van der Waals surface area contributed by atoms with Crippen LogP contribution < -0.4 is 15.0 Å². The van der Waals surface area contributed by atoms with Crippen molar-refractivity contribution in [3.63, 3.8) is 0 Å². The molecule has 2 aromatic rings. The van der Waals surface area contributed by atoms with Gasteiger partial charge in [-0.25, -0.2) is 9.98 Å². The number of anilines is 1. The van der Waals surface area contributed by atoms with Crippen LogP contribution in [0.2, 0.25) is 0 Å². The SMILES string of the molecule is CCNC(=NCc1cccc(OC)n1)N1CCc2ccccc21. The van der Waals surface area contributed by atoms with Crippen LogP contribution in [0, 0.1) is 0 Å². The molecule has 5 heteroatoms. The third kappa shape index (κ3) is 3.44. The molecular formula is C18H22N4O. The summed E-state index contributed by atoms with van der Waals surface area (Å²) in [4.78, 5) is 11.4. The van der Waals surface area contributed by atoms with Gasteiger partial charge in [-0.3, -0.25) is 0 Å². The molecule has 0 atom stereocenters. The van der Waals surface area contributed by atoms with Gasteiger partial charge in [0.15, 0.2) is 5.96 Å². The summed E-state index contributed by atoms with van der Waals surface area (Å²) in [6, 6.07) is 14.2. The number of methoxy groups -OCH3 is 1. The molecule has 0 radical (unpaired) electrons. The Morgan fingerprint density at radius 3 is 2.96 bits per heavy atom. The van der Waals surface area contributed by atoms with Gasteiger partial charge in [0.2, 0.25) is 5.88 Å². The molecule has 1 aromatic heterocycles. The quantitative estimate of drug-likeness (QED) is 0.697. The number of pyridine rings is 1. The van der Waals surface area contributed by atoms with E-state index in [2.05, 4.69) is 46.4 Å². The summed E-state index contributed by atoms with van der Waals surface area (Å²) in [6.07, 6.45) is 1.05. The van der Waals surface area contributed by atoms with Crippen LogP contribution in [-0.4, -0.2) is 31.1 Å². The first-order chi connectivity index (χ1) is 11.3. The van der Waals surface area contributed by atoms with Crippen molar-refractivity contribution in [1.29, 1.82) is 0 Å². The van der Waals surface area contributed by atoms with Crippen molar-refractivity contribution < 1.29 is 4.74 Å². The van der Waals surface area contributed by atoms with Crippen LogP contribution in [-0.2, 0) is 13.0 Å². The van der Waals surface area contributed by atoms with Crippen molar-refractivity contribution in [3.8, 4) is 5.88 Å². The molecule has 0 amide bonds. The first-order valence-electron chi connectivity index (χ1n) is 7.95. The molecule has 1 aromatic carbocycles. The highest BCUT2D eigenvalue weighted by Gasteiger charge is 2.22. The van der Waals surface area contributed by atoms with Gasteiger partial charge in [-0.1, -0.05) is 24.3 Å². The molecule has 1 aliphatic rings. The molecule has 0 unspecified atom stereocenters. The first-order valence-corrected chi connectivity index (χ1v) is 7.95. The Kier molecular flexibility index (Phi) is 4.76. The van der Waals surface area contributed by atoms with Crippen LogP contribution in [0.3, 0.4) is 0 Å². The fraction of sp³-hybridized carbons (Fsp3) is 0.333. The number of guanidine groups is 1. The van der Waals surface area contributed by atoms with Gasteiger partial charge in [0.05, 0.1) is 19.3 Å². The predicted octanol–water partition coefficient (Wildman–Crippen LogP) is 2.62. The molecule has 0 fully saturated rings. The zero-order chi connectivity index (χ0) is 16.1. The molecular weight excluding hydrogens is 288 g/mol. The summed E-state index contributed by atoms with van der Waals surface area (Å²) in [6.45, 7) is 4.40. The van der Waals surface area contributed by atoms with Crippen molar-refractivity contribution in [1.82, 2.24) is 10.3 Å². The Bertz CT molecular complexity index is 699. The van der Waals surface area contributed by atoms with E-state index in [1.54, 1.807) is 7.11 Å². The summed E-state index contributed by atoms with van der Waals surface area (Å²) in [5.74, 6) is 1.52. The number of fused-ring (bicyclic) bond motifs is 1. The maximum absolute atomic E-state index is 5.17. The number of hydrogen-bond acceptors (Lipinski definition) is 3. The summed E-state index contributed by atoms with van der Waals surface area (Å²) in [7, 11) is 1.63. The number of nitrogens with zero attached hydrogens (tertiary/aromatic N) is 3. The Morgan fingerprint density at radius 2 is 2.13 bits per heavy atom. The van der Waals surface area contributed by atoms with E-state index in [9.17, 15) is 0 Å². The highest BCUT2D eigenvalue weighted by Crippen LogP contribution is 2.27. The Morgan fingerprint density at radius 1 is 1.26 bits per heavy atom. The van der Waals surface area contributed by atoms with Crippen LogP contribution >= 0.6 is 0 Å². The third-order valence-corrected chi connectivity index (χ3v) is 3.86. The molecule has 0 spiro atoms. The van der Waals surface area contributed by atoms with Crippen LogP contribution in [0.5, 0.6) is 5.88 Å². The van der Waals surface area contributed by atoms with Crippen molar-refractivity contribution in [2.75, 3.05) is 25.1 Å². The fourth-order valence-electron chi connectivity index (χ4n) is 2.77. The Labute approximate surface area is 137 Å².